The van der Waals surface area contributed by atoms with E-state index in [1.165, 1.54) is 11.0 Å². The highest BCUT2D eigenvalue weighted by atomic mass is 19.4. The van der Waals surface area contributed by atoms with Crippen LogP contribution in [0, 0.1) is 11.8 Å². The Morgan fingerprint density at radius 1 is 1.05 bits per heavy atom. The van der Waals surface area contributed by atoms with Crippen LogP contribution in [0.25, 0.3) is 0 Å². The molecule has 1 amide bonds. The van der Waals surface area contributed by atoms with Crippen LogP contribution in [0.15, 0.2) is 42.7 Å². The molecule has 2 aliphatic heterocycles. The lowest BCUT2D eigenvalue weighted by Gasteiger charge is -2.36. The number of halogens is 3. The predicted molar refractivity (Wildman–Crippen MR) is 147 cm³/mol. The SMILES string of the molecule is CC1CCCN(C(C)c2cc3c(c(C(F)(F)F)c2)CN(c2cccc([C@@H](c4nncn4C)C4CCC4)c2)C3=O)C1. The lowest BCUT2D eigenvalue weighted by atomic mass is 9.72. The van der Waals surface area contributed by atoms with Gasteiger partial charge in [-0.25, -0.2) is 0 Å². The Morgan fingerprint density at radius 2 is 1.85 bits per heavy atom. The number of rotatable bonds is 6. The fraction of sp³-hybridized carbons (Fsp3) is 0.516. The molecule has 3 aliphatic rings. The number of hydrogen-bond acceptors (Lipinski definition) is 4. The summed E-state index contributed by atoms with van der Waals surface area (Å²) in [6, 6.07) is 10.5. The van der Waals surface area contributed by atoms with Gasteiger partial charge in [0.1, 0.15) is 12.2 Å². The first kappa shape index (κ1) is 27.0. The van der Waals surface area contributed by atoms with Gasteiger partial charge in [0.05, 0.1) is 12.1 Å². The number of benzene rings is 2. The summed E-state index contributed by atoms with van der Waals surface area (Å²) >= 11 is 0. The molecule has 3 heterocycles. The maximum absolute atomic E-state index is 14.4. The largest absolute Gasteiger partial charge is 0.416 e. The maximum atomic E-state index is 14.4. The van der Waals surface area contributed by atoms with E-state index in [1.54, 1.807) is 12.4 Å². The minimum absolute atomic E-state index is 0.0198. The number of alkyl halides is 3. The van der Waals surface area contributed by atoms with E-state index in [-0.39, 0.29) is 35.5 Å². The van der Waals surface area contributed by atoms with Gasteiger partial charge in [0.2, 0.25) is 0 Å². The summed E-state index contributed by atoms with van der Waals surface area (Å²) in [5.41, 5.74) is 1.70. The molecule has 1 aromatic heterocycles. The number of carbonyl (C=O) groups is 1. The minimum atomic E-state index is -4.55. The molecular formula is C31H36F3N5O. The van der Waals surface area contributed by atoms with Crippen LogP contribution < -0.4 is 4.90 Å². The number of fused-ring (bicyclic) bond motifs is 1. The summed E-state index contributed by atoms with van der Waals surface area (Å²) < 4.78 is 45.1. The number of aryl methyl sites for hydroxylation is 1. The van der Waals surface area contributed by atoms with Gasteiger partial charge in [-0.1, -0.05) is 25.5 Å². The van der Waals surface area contributed by atoms with E-state index < -0.39 is 11.7 Å². The van der Waals surface area contributed by atoms with E-state index in [0.717, 1.165) is 56.6 Å². The van der Waals surface area contributed by atoms with Crippen LogP contribution >= 0.6 is 0 Å². The van der Waals surface area contributed by atoms with E-state index in [2.05, 4.69) is 22.0 Å². The van der Waals surface area contributed by atoms with Crippen LogP contribution in [0.1, 0.15) is 96.3 Å². The Labute approximate surface area is 233 Å². The standard InChI is InChI=1S/C31H36F3N5O/c1-19-7-6-12-38(16-19)20(2)23-14-25-26(27(15-23)31(32,33)34)17-39(30(25)40)24-11-5-10-22(13-24)28(21-8-4-9-21)29-36-35-18-37(29)3/h5,10-11,13-15,18-21,28H,4,6-9,12,16-17H2,1-3H3/t19?,20?,28-/m0/s1. The van der Waals surface area contributed by atoms with Crippen LogP contribution in [0.3, 0.4) is 0 Å². The molecular weight excluding hydrogens is 515 g/mol. The molecule has 0 N–H and O–H groups in total. The van der Waals surface area contributed by atoms with E-state index in [0.29, 0.717) is 23.1 Å². The lowest BCUT2D eigenvalue weighted by Crippen LogP contribution is -2.36. The van der Waals surface area contributed by atoms with Crippen molar-refractivity contribution in [1.29, 1.82) is 0 Å². The van der Waals surface area contributed by atoms with Crippen LogP contribution in [-0.2, 0) is 19.8 Å². The summed E-state index contributed by atoms with van der Waals surface area (Å²) in [5, 5.41) is 8.46. The molecule has 2 aromatic carbocycles. The fourth-order valence-electron chi connectivity index (χ4n) is 6.79. The number of likely N-dealkylation sites (tertiary alicyclic amines) is 1. The molecule has 6 rings (SSSR count). The predicted octanol–water partition coefficient (Wildman–Crippen LogP) is 6.72. The second-order valence-electron chi connectivity index (χ2n) is 12.0. The number of carbonyl (C=O) groups excluding carboxylic acids is 1. The van der Waals surface area contributed by atoms with Gasteiger partial charge in [0.25, 0.3) is 5.91 Å². The second kappa shape index (κ2) is 10.3. The quantitative estimate of drug-likeness (QED) is 0.341. The molecule has 1 aliphatic carbocycles. The number of aromatic nitrogens is 3. The summed E-state index contributed by atoms with van der Waals surface area (Å²) in [4.78, 5) is 17.5. The van der Waals surface area contributed by atoms with Gasteiger partial charge in [-0.3, -0.25) is 9.69 Å². The van der Waals surface area contributed by atoms with E-state index in [4.69, 9.17) is 0 Å². The number of hydrogen-bond donors (Lipinski definition) is 0. The second-order valence-corrected chi connectivity index (χ2v) is 12.0. The molecule has 3 atom stereocenters. The number of piperidine rings is 1. The zero-order chi connectivity index (χ0) is 28.2. The lowest BCUT2D eigenvalue weighted by molar-refractivity contribution is -0.138. The van der Waals surface area contributed by atoms with Crippen molar-refractivity contribution in [3.8, 4) is 0 Å². The summed E-state index contributed by atoms with van der Waals surface area (Å²) in [5.74, 6) is 1.43. The zero-order valence-electron chi connectivity index (χ0n) is 23.3. The average molecular weight is 552 g/mol. The summed E-state index contributed by atoms with van der Waals surface area (Å²) in [7, 11) is 1.92. The van der Waals surface area contributed by atoms with Gasteiger partial charge in [0.15, 0.2) is 0 Å². The Balaban J connectivity index is 1.35. The molecule has 0 radical (unpaired) electrons. The highest BCUT2D eigenvalue weighted by molar-refractivity contribution is 6.10. The Kier molecular flexibility index (Phi) is 6.97. The molecule has 2 fully saturated rings. The first-order valence-corrected chi connectivity index (χ1v) is 14.4. The molecule has 1 saturated heterocycles. The monoisotopic (exact) mass is 551 g/mol. The van der Waals surface area contributed by atoms with Crippen molar-refractivity contribution < 1.29 is 18.0 Å². The molecule has 212 valence electrons. The van der Waals surface area contributed by atoms with E-state index in [1.807, 2.05) is 42.8 Å². The smallest absolute Gasteiger partial charge is 0.320 e. The maximum Gasteiger partial charge on any atom is 0.416 e. The van der Waals surface area contributed by atoms with Gasteiger partial charge in [-0.05, 0) is 91.9 Å². The van der Waals surface area contributed by atoms with Gasteiger partial charge < -0.3 is 9.47 Å². The summed E-state index contributed by atoms with van der Waals surface area (Å²) in [6.45, 7) is 5.73. The molecule has 1 saturated carbocycles. The molecule has 3 aromatic rings. The first-order valence-electron chi connectivity index (χ1n) is 14.4. The van der Waals surface area contributed by atoms with E-state index in [9.17, 15) is 18.0 Å². The number of amides is 1. The molecule has 9 heteroatoms. The minimum Gasteiger partial charge on any atom is -0.320 e. The Morgan fingerprint density at radius 3 is 2.50 bits per heavy atom. The normalized spacial score (nSPS) is 21.8. The van der Waals surface area contributed by atoms with Gasteiger partial charge >= 0.3 is 6.18 Å². The van der Waals surface area contributed by atoms with Gasteiger partial charge in [-0.2, -0.15) is 13.2 Å². The highest BCUT2D eigenvalue weighted by Gasteiger charge is 2.41. The number of anilines is 1. The molecule has 2 unspecified atom stereocenters. The van der Waals surface area contributed by atoms with Crippen molar-refractivity contribution in [2.24, 2.45) is 18.9 Å². The third-order valence-electron chi connectivity index (χ3n) is 9.27. The van der Waals surface area contributed by atoms with Crippen LogP contribution in [0.4, 0.5) is 18.9 Å². The third-order valence-corrected chi connectivity index (χ3v) is 9.27. The van der Waals surface area contributed by atoms with Crippen molar-refractivity contribution in [2.45, 2.75) is 70.6 Å². The third kappa shape index (κ3) is 4.82. The summed E-state index contributed by atoms with van der Waals surface area (Å²) in [6.07, 6.45) is 2.63. The average Bonchev–Trinajstić information content (AvgIpc) is 3.47. The zero-order valence-corrected chi connectivity index (χ0v) is 23.3. The number of nitrogens with zero attached hydrogens (tertiary/aromatic N) is 5. The first-order chi connectivity index (χ1) is 19.1. The highest BCUT2D eigenvalue weighted by Crippen LogP contribution is 2.45. The van der Waals surface area contributed by atoms with Gasteiger partial charge in [-0.15, -0.1) is 10.2 Å². The van der Waals surface area contributed by atoms with Crippen LogP contribution in [0.5, 0.6) is 0 Å². The fourth-order valence-corrected chi connectivity index (χ4v) is 6.79. The van der Waals surface area contributed by atoms with Crippen molar-refractivity contribution in [2.75, 3.05) is 18.0 Å². The molecule has 6 nitrogen and oxygen atoms in total. The van der Waals surface area contributed by atoms with Crippen molar-refractivity contribution in [1.82, 2.24) is 19.7 Å². The van der Waals surface area contributed by atoms with Gasteiger partial charge in [0, 0.05) is 36.8 Å². The Bertz CT molecular complexity index is 1410. The van der Waals surface area contributed by atoms with Crippen molar-refractivity contribution >= 4 is 11.6 Å². The molecule has 40 heavy (non-hydrogen) atoms. The topological polar surface area (TPSA) is 54.3 Å². The molecule has 0 spiro atoms. The Hall–Kier alpha value is -3.20. The molecule has 0 bridgehead atoms. The van der Waals surface area contributed by atoms with E-state index >= 15 is 0 Å². The van der Waals surface area contributed by atoms with Crippen molar-refractivity contribution in [3.05, 3.63) is 76.4 Å². The van der Waals surface area contributed by atoms with Crippen molar-refractivity contribution in [3.63, 3.8) is 0 Å². The van der Waals surface area contributed by atoms with Crippen LogP contribution in [-0.4, -0.2) is 38.7 Å². The van der Waals surface area contributed by atoms with Crippen LogP contribution in [0.2, 0.25) is 0 Å².